The van der Waals surface area contributed by atoms with E-state index in [-0.39, 0.29) is 29.0 Å². The average Bonchev–Trinajstić information content (AvgIpc) is 3.22. The summed E-state index contributed by atoms with van der Waals surface area (Å²) in [6, 6.07) is 4.13. The van der Waals surface area contributed by atoms with Crippen LogP contribution >= 0.6 is 11.6 Å². The van der Waals surface area contributed by atoms with Crippen LogP contribution in [0.25, 0.3) is 0 Å². The van der Waals surface area contributed by atoms with Crippen molar-refractivity contribution in [2.75, 3.05) is 24.5 Å². The number of urea groups is 1. The molecular weight excluding hydrogens is 321 g/mol. The molecule has 0 spiro atoms. The van der Waals surface area contributed by atoms with E-state index >= 15 is 0 Å². The fourth-order valence-electron chi connectivity index (χ4n) is 3.85. The molecule has 0 N–H and O–H groups in total. The molecule has 7 heteroatoms. The van der Waals surface area contributed by atoms with Crippen LogP contribution < -0.4 is 4.90 Å². The normalized spacial score (nSPS) is 27.3. The number of amides is 3. The van der Waals surface area contributed by atoms with Gasteiger partial charge >= 0.3 is 6.03 Å². The molecule has 0 radical (unpaired) electrons. The van der Waals surface area contributed by atoms with Crippen molar-refractivity contribution in [3.63, 3.8) is 0 Å². The number of nitrogens with zero attached hydrogens (tertiary/aromatic N) is 3. The molecule has 0 aliphatic carbocycles. The highest BCUT2D eigenvalue weighted by Crippen LogP contribution is 2.32. The molecule has 3 amide bonds. The molecule has 1 unspecified atom stereocenters. The first-order valence-electron chi connectivity index (χ1n) is 7.90. The number of benzene rings is 1. The SMILES string of the molecule is O=C1[C@@H]2CCCN2C(=O)N1C1CCN(c2ccc(Cl)c(F)c2)C1. The summed E-state index contributed by atoms with van der Waals surface area (Å²) in [5.41, 5.74) is 0.731. The molecular formula is C16H17ClFN3O2. The summed E-state index contributed by atoms with van der Waals surface area (Å²) in [7, 11) is 0. The van der Waals surface area contributed by atoms with Gasteiger partial charge in [0.25, 0.3) is 5.91 Å². The predicted molar refractivity (Wildman–Crippen MR) is 84.0 cm³/mol. The Labute approximate surface area is 138 Å². The molecule has 23 heavy (non-hydrogen) atoms. The van der Waals surface area contributed by atoms with Gasteiger partial charge in [0, 0.05) is 25.3 Å². The third-order valence-corrected chi connectivity index (χ3v) is 5.33. The molecule has 2 atom stereocenters. The summed E-state index contributed by atoms with van der Waals surface area (Å²) in [4.78, 5) is 30.1. The Balaban J connectivity index is 1.51. The number of anilines is 1. The number of fused-ring (bicyclic) bond motifs is 1. The molecule has 5 nitrogen and oxygen atoms in total. The van der Waals surface area contributed by atoms with Crippen LogP contribution in [0.5, 0.6) is 0 Å². The van der Waals surface area contributed by atoms with E-state index in [2.05, 4.69) is 0 Å². The topological polar surface area (TPSA) is 43.9 Å². The van der Waals surface area contributed by atoms with Gasteiger partial charge in [-0.3, -0.25) is 9.69 Å². The van der Waals surface area contributed by atoms with Crippen molar-refractivity contribution < 1.29 is 14.0 Å². The zero-order chi connectivity index (χ0) is 16.1. The van der Waals surface area contributed by atoms with Crippen molar-refractivity contribution in [3.05, 3.63) is 29.0 Å². The third-order valence-electron chi connectivity index (χ3n) is 5.02. The molecule has 3 aliphatic heterocycles. The Kier molecular flexibility index (Phi) is 3.44. The highest BCUT2D eigenvalue weighted by Gasteiger charge is 2.50. The van der Waals surface area contributed by atoms with E-state index < -0.39 is 5.82 Å². The van der Waals surface area contributed by atoms with Crippen LogP contribution in [0.3, 0.4) is 0 Å². The molecule has 3 aliphatic rings. The Morgan fingerprint density at radius 3 is 2.74 bits per heavy atom. The molecule has 0 bridgehead atoms. The molecule has 1 aromatic rings. The number of carbonyl (C=O) groups is 2. The lowest BCUT2D eigenvalue weighted by Crippen LogP contribution is -2.43. The summed E-state index contributed by atoms with van der Waals surface area (Å²) < 4.78 is 13.6. The highest BCUT2D eigenvalue weighted by atomic mass is 35.5. The lowest BCUT2D eigenvalue weighted by atomic mass is 10.2. The molecule has 0 aromatic heterocycles. The lowest BCUT2D eigenvalue weighted by Gasteiger charge is -2.24. The van der Waals surface area contributed by atoms with Crippen molar-refractivity contribution in [2.45, 2.75) is 31.3 Å². The monoisotopic (exact) mass is 337 g/mol. The van der Waals surface area contributed by atoms with Gasteiger partial charge in [-0.15, -0.1) is 0 Å². The Hall–Kier alpha value is -1.82. The zero-order valence-electron chi connectivity index (χ0n) is 12.5. The largest absolute Gasteiger partial charge is 0.369 e. The van der Waals surface area contributed by atoms with Gasteiger partial charge < -0.3 is 9.80 Å². The van der Waals surface area contributed by atoms with Crippen molar-refractivity contribution in [3.8, 4) is 0 Å². The van der Waals surface area contributed by atoms with Crippen molar-refractivity contribution in [1.82, 2.24) is 9.80 Å². The summed E-state index contributed by atoms with van der Waals surface area (Å²) >= 11 is 5.72. The van der Waals surface area contributed by atoms with E-state index in [0.29, 0.717) is 26.1 Å². The van der Waals surface area contributed by atoms with Crippen LogP contribution in [0.4, 0.5) is 14.9 Å². The van der Waals surface area contributed by atoms with Crippen molar-refractivity contribution >= 4 is 29.2 Å². The van der Waals surface area contributed by atoms with E-state index in [4.69, 9.17) is 11.6 Å². The van der Waals surface area contributed by atoms with Gasteiger partial charge in [0.1, 0.15) is 11.9 Å². The predicted octanol–water partition coefficient (Wildman–Crippen LogP) is 2.48. The second kappa shape index (κ2) is 5.37. The highest BCUT2D eigenvalue weighted by molar-refractivity contribution is 6.30. The molecule has 1 aromatic carbocycles. The summed E-state index contributed by atoms with van der Waals surface area (Å²) in [6.07, 6.45) is 2.37. The fraction of sp³-hybridized carbons (Fsp3) is 0.500. The zero-order valence-corrected chi connectivity index (χ0v) is 13.3. The average molecular weight is 338 g/mol. The van der Waals surface area contributed by atoms with Gasteiger partial charge in [0.15, 0.2) is 0 Å². The van der Waals surface area contributed by atoms with E-state index in [9.17, 15) is 14.0 Å². The quantitative estimate of drug-likeness (QED) is 0.779. The van der Waals surface area contributed by atoms with Crippen LogP contribution in [0.15, 0.2) is 18.2 Å². The van der Waals surface area contributed by atoms with Crippen LogP contribution in [-0.4, -0.2) is 53.5 Å². The first-order chi connectivity index (χ1) is 11.1. The maximum Gasteiger partial charge on any atom is 0.327 e. The van der Waals surface area contributed by atoms with Gasteiger partial charge in [0.2, 0.25) is 0 Å². The Morgan fingerprint density at radius 1 is 1.17 bits per heavy atom. The summed E-state index contributed by atoms with van der Waals surface area (Å²) in [5.74, 6) is -0.525. The molecule has 3 fully saturated rings. The minimum Gasteiger partial charge on any atom is -0.369 e. The lowest BCUT2D eigenvalue weighted by molar-refractivity contribution is -0.129. The van der Waals surface area contributed by atoms with E-state index in [1.807, 2.05) is 4.90 Å². The van der Waals surface area contributed by atoms with E-state index in [1.54, 1.807) is 11.0 Å². The maximum atomic E-state index is 13.6. The van der Waals surface area contributed by atoms with Crippen LogP contribution in [0, 0.1) is 5.82 Å². The van der Waals surface area contributed by atoms with E-state index in [1.165, 1.54) is 17.0 Å². The van der Waals surface area contributed by atoms with Crippen LogP contribution in [0.2, 0.25) is 5.02 Å². The first-order valence-corrected chi connectivity index (χ1v) is 8.28. The second-order valence-corrected chi connectivity index (χ2v) is 6.74. The summed E-state index contributed by atoms with van der Waals surface area (Å²) in [5, 5.41) is 0.0926. The summed E-state index contributed by atoms with van der Waals surface area (Å²) in [6.45, 7) is 1.90. The third kappa shape index (κ3) is 2.27. The number of carbonyl (C=O) groups excluding carboxylic acids is 2. The van der Waals surface area contributed by atoms with Crippen LogP contribution in [0.1, 0.15) is 19.3 Å². The van der Waals surface area contributed by atoms with Gasteiger partial charge in [-0.05, 0) is 37.5 Å². The molecule has 0 saturated carbocycles. The van der Waals surface area contributed by atoms with Gasteiger partial charge in [0.05, 0.1) is 11.1 Å². The number of halogens is 2. The standard InChI is InChI=1S/C16H17ClFN3O2/c17-12-4-3-10(8-13(12)18)19-7-5-11(9-19)21-15(22)14-2-1-6-20(14)16(21)23/h3-4,8,11,14H,1-2,5-7,9H2/t11?,14-/m0/s1. The molecule has 3 saturated heterocycles. The fourth-order valence-corrected chi connectivity index (χ4v) is 3.97. The smallest absolute Gasteiger partial charge is 0.327 e. The van der Waals surface area contributed by atoms with Crippen molar-refractivity contribution in [1.29, 1.82) is 0 Å². The number of hydrogen-bond acceptors (Lipinski definition) is 3. The number of rotatable bonds is 2. The van der Waals surface area contributed by atoms with Gasteiger partial charge in [-0.2, -0.15) is 0 Å². The van der Waals surface area contributed by atoms with Gasteiger partial charge in [-0.25, -0.2) is 9.18 Å². The molecule has 4 rings (SSSR count). The van der Waals surface area contributed by atoms with Gasteiger partial charge in [-0.1, -0.05) is 11.6 Å². The Bertz CT molecular complexity index is 661. The maximum absolute atomic E-state index is 13.6. The number of imide groups is 1. The Morgan fingerprint density at radius 2 is 2.00 bits per heavy atom. The first kappa shape index (κ1) is 14.8. The second-order valence-electron chi connectivity index (χ2n) is 6.33. The molecule has 3 heterocycles. The van der Waals surface area contributed by atoms with Crippen LogP contribution in [-0.2, 0) is 4.79 Å². The minimum atomic E-state index is -0.457. The minimum absolute atomic E-state index is 0.0679. The van der Waals surface area contributed by atoms with E-state index in [0.717, 1.165) is 18.5 Å². The molecule has 122 valence electrons. The van der Waals surface area contributed by atoms with Crippen molar-refractivity contribution in [2.24, 2.45) is 0 Å². The number of hydrogen-bond donors (Lipinski definition) is 0.